The van der Waals surface area contributed by atoms with E-state index < -0.39 is 0 Å². The Morgan fingerprint density at radius 1 is 1.29 bits per heavy atom. The normalized spacial score (nSPS) is 24.9. The minimum atomic E-state index is -0.377. The lowest BCUT2D eigenvalue weighted by atomic mass is 10.1. The van der Waals surface area contributed by atoms with Gasteiger partial charge in [-0.25, -0.2) is 5.43 Å². The van der Waals surface area contributed by atoms with E-state index in [-0.39, 0.29) is 23.4 Å². The van der Waals surface area contributed by atoms with Crippen LogP contribution < -0.4 is 21.1 Å². The maximum Gasteiger partial charge on any atom is 0.240 e. The van der Waals surface area contributed by atoms with Crippen LogP contribution in [0, 0.1) is 0 Å². The van der Waals surface area contributed by atoms with Gasteiger partial charge in [0.05, 0.1) is 5.38 Å². The van der Waals surface area contributed by atoms with E-state index >= 15 is 0 Å². The molecule has 1 heterocycles. The topological polar surface area (TPSA) is 56.4 Å². The maximum atomic E-state index is 12.0. The molecule has 6 heteroatoms. The van der Waals surface area contributed by atoms with Crippen LogP contribution in [0.2, 0.25) is 0 Å². The van der Waals surface area contributed by atoms with Crippen molar-refractivity contribution in [2.75, 3.05) is 25.5 Å². The Hall–Kier alpha value is -1.30. The van der Waals surface area contributed by atoms with Crippen LogP contribution in [-0.2, 0) is 11.2 Å². The molecule has 5 nitrogen and oxygen atoms in total. The van der Waals surface area contributed by atoms with E-state index in [4.69, 9.17) is 11.6 Å². The minimum Gasteiger partial charge on any atom is -0.378 e. The Morgan fingerprint density at radius 3 is 2.48 bits per heavy atom. The number of benzene rings is 1. The first kappa shape index (κ1) is 16.1. The average Bonchev–Trinajstić information content (AvgIpc) is 2.79. The Balaban J connectivity index is 1.77. The fourth-order valence-electron chi connectivity index (χ4n) is 2.28. The summed E-state index contributed by atoms with van der Waals surface area (Å²) in [7, 11) is 4.03. The summed E-state index contributed by atoms with van der Waals surface area (Å²) < 4.78 is 0. The number of halogens is 1. The van der Waals surface area contributed by atoms with Gasteiger partial charge in [-0.15, -0.1) is 11.6 Å². The highest BCUT2D eigenvalue weighted by Crippen LogP contribution is 2.14. The van der Waals surface area contributed by atoms with Crippen LogP contribution in [0.3, 0.4) is 0 Å². The van der Waals surface area contributed by atoms with E-state index in [0.717, 1.165) is 6.42 Å². The van der Waals surface area contributed by atoms with Crippen LogP contribution in [0.25, 0.3) is 0 Å². The third-order valence-corrected chi connectivity index (χ3v) is 4.34. The number of rotatable bonds is 5. The van der Waals surface area contributed by atoms with Crippen molar-refractivity contribution < 1.29 is 4.79 Å². The second-order valence-corrected chi connectivity index (χ2v) is 6.11. The molecule has 2 rings (SSSR count). The van der Waals surface area contributed by atoms with Crippen LogP contribution in [0.15, 0.2) is 24.3 Å². The van der Waals surface area contributed by atoms with E-state index in [9.17, 15) is 4.79 Å². The highest BCUT2D eigenvalue weighted by molar-refractivity contribution is 6.23. The summed E-state index contributed by atoms with van der Waals surface area (Å²) in [5.74, 6) is -0.0586. The van der Waals surface area contributed by atoms with Gasteiger partial charge in [-0.05, 0) is 31.0 Å². The average molecular weight is 311 g/mol. The number of anilines is 1. The minimum absolute atomic E-state index is 0.0586. The van der Waals surface area contributed by atoms with E-state index in [0.29, 0.717) is 6.54 Å². The van der Waals surface area contributed by atoms with Gasteiger partial charge in [0.1, 0.15) is 6.04 Å². The Morgan fingerprint density at radius 2 is 1.95 bits per heavy atom. The van der Waals surface area contributed by atoms with E-state index in [1.807, 2.05) is 21.0 Å². The summed E-state index contributed by atoms with van der Waals surface area (Å²) in [5.41, 5.74) is 8.28. The van der Waals surface area contributed by atoms with Crippen molar-refractivity contribution in [3.8, 4) is 0 Å². The second kappa shape index (κ2) is 7.11. The Labute approximate surface area is 131 Å². The zero-order chi connectivity index (χ0) is 15.4. The van der Waals surface area contributed by atoms with Gasteiger partial charge in [-0.3, -0.25) is 10.2 Å². The number of hydrogen-bond donors (Lipinski definition) is 3. The molecule has 0 aromatic heterocycles. The highest BCUT2D eigenvalue weighted by atomic mass is 35.5. The van der Waals surface area contributed by atoms with Crippen LogP contribution in [0.1, 0.15) is 12.5 Å². The standard InChI is InChI=1S/C15H23ClN4O/c1-10-13(16)14(19-18-10)15(21)17-9-8-11-4-6-12(7-5-11)20(2)3/h4-7,10,13-14,18-19H,8-9H2,1-3H3,(H,17,21). The van der Waals surface area contributed by atoms with Gasteiger partial charge in [0.15, 0.2) is 0 Å². The summed E-state index contributed by atoms with van der Waals surface area (Å²) in [6.45, 7) is 2.56. The molecule has 1 amide bonds. The molecule has 0 aliphatic carbocycles. The quantitative estimate of drug-likeness (QED) is 0.707. The number of amides is 1. The Kier molecular flexibility index (Phi) is 5.45. The Bertz CT molecular complexity index is 477. The van der Waals surface area contributed by atoms with Crippen molar-refractivity contribution in [2.45, 2.75) is 30.8 Å². The molecule has 0 radical (unpaired) electrons. The molecular formula is C15H23ClN4O. The van der Waals surface area contributed by atoms with E-state index in [1.165, 1.54) is 11.3 Å². The first-order chi connectivity index (χ1) is 9.99. The molecule has 1 fully saturated rings. The number of alkyl halides is 1. The van der Waals surface area contributed by atoms with Crippen LogP contribution in [-0.4, -0.2) is 44.0 Å². The molecule has 1 aromatic rings. The molecular weight excluding hydrogens is 288 g/mol. The van der Waals surface area contributed by atoms with Gasteiger partial charge < -0.3 is 10.2 Å². The molecule has 0 bridgehead atoms. The van der Waals surface area contributed by atoms with Crippen molar-refractivity contribution in [3.63, 3.8) is 0 Å². The largest absolute Gasteiger partial charge is 0.378 e. The highest BCUT2D eigenvalue weighted by Gasteiger charge is 2.36. The molecule has 1 saturated heterocycles. The molecule has 3 atom stereocenters. The molecule has 21 heavy (non-hydrogen) atoms. The fourth-order valence-corrected chi connectivity index (χ4v) is 2.52. The number of hydrogen-bond acceptors (Lipinski definition) is 4. The zero-order valence-corrected chi connectivity index (χ0v) is 13.4. The third-order valence-electron chi connectivity index (χ3n) is 3.71. The monoisotopic (exact) mass is 310 g/mol. The SMILES string of the molecule is CC1NNC(C(=O)NCCc2ccc(N(C)C)cc2)C1Cl. The lowest BCUT2D eigenvalue weighted by Gasteiger charge is -2.15. The van der Waals surface area contributed by atoms with Gasteiger partial charge in [0.25, 0.3) is 0 Å². The van der Waals surface area contributed by atoms with Crippen molar-refractivity contribution >= 4 is 23.2 Å². The summed E-state index contributed by atoms with van der Waals surface area (Å²) in [4.78, 5) is 14.1. The lowest BCUT2D eigenvalue weighted by molar-refractivity contribution is -0.122. The smallest absolute Gasteiger partial charge is 0.240 e. The first-order valence-corrected chi connectivity index (χ1v) is 7.62. The van der Waals surface area contributed by atoms with Crippen molar-refractivity contribution in [3.05, 3.63) is 29.8 Å². The lowest BCUT2D eigenvalue weighted by Crippen LogP contribution is -2.46. The number of nitrogens with zero attached hydrogens (tertiary/aromatic N) is 1. The molecule has 0 saturated carbocycles. The summed E-state index contributed by atoms with van der Waals surface area (Å²) in [6, 6.07) is 8.04. The van der Waals surface area contributed by atoms with Gasteiger partial charge in [-0.2, -0.15) is 0 Å². The number of carbonyl (C=O) groups is 1. The van der Waals surface area contributed by atoms with Crippen LogP contribution >= 0.6 is 11.6 Å². The van der Waals surface area contributed by atoms with Gasteiger partial charge in [-0.1, -0.05) is 12.1 Å². The zero-order valence-electron chi connectivity index (χ0n) is 12.7. The van der Waals surface area contributed by atoms with E-state index in [2.05, 4.69) is 45.3 Å². The molecule has 3 unspecified atom stereocenters. The van der Waals surface area contributed by atoms with Gasteiger partial charge in [0, 0.05) is 32.4 Å². The fraction of sp³-hybridized carbons (Fsp3) is 0.533. The summed E-state index contributed by atoms with van der Waals surface area (Å²) in [6.07, 6.45) is 0.808. The maximum absolute atomic E-state index is 12.0. The number of carbonyl (C=O) groups excluding carboxylic acids is 1. The van der Waals surface area contributed by atoms with Crippen LogP contribution in [0.4, 0.5) is 5.69 Å². The van der Waals surface area contributed by atoms with E-state index in [1.54, 1.807) is 0 Å². The molecule has 3 N–H and O–H groups in total. The van der Waals surface area contributed by atoms with Crippen molar-refractivity contribution in [1.82, 2.24) is 16.2 Å². The molecule has 1 aliphatic heterocycles. The van der Waals surface area contributed by atoms with Gasteiger partial charge >= 0.3 is 0 Å². The number of nitrogens with one attached hydrogen (secondary N) is 3. The molecule has 1 aromatic carbocycles. The predicted molar refractivity (Wildman–Crippen MR) is 86.6 cm³/mol. The third kappa shape index (κ3) is 4.09. The second-order valence-electron chi connectivity index (χ2n) is 5.60. The van der Waals surface area contributed by atoms with Crippen molar-refractivity contribution in [2.24, 2.45) is 0 Å². The number of hydrazine groups is 1. The molecule has 1 aliphatic rings. The molecule has 0 spiro atoms. The summed E-state index contributed by atoms with van der Waals surface area (Å²) in [5, 5.41) is 2.69. The summed E-state index contributed by atoms with van der Waals surface area (Å²) >= 11 is 6.18. The first-order valence-electron chi connectivity index (χ1n) is 7.18. The van der Waals surface area contributed by atoms with Crippen LogP contribution in [0.5, 0.6) is 0 Å². The predicted octanol–water partition coefficient (Wildman–Crippen LogP) is 0.884. The molecule has 116 valence electrons. The van der Waals surface area contributed by atoms with Gasteiger partial charge in [0.2, 0.25) is 5.91 Å². The van der Waals surface area contributed by atoms with Crippen molar-refractivity contribution in [1.29, 1.82) is 0 Å².